The number of carbonyl (C=O) groups excluding carboxylic acids is 1. The molecule has 0 unspecified atom stereocenters. The normalized spacial score (nSPS) is 10.2. The fourth-order valence-electron chi connectivity index (χ4n) is 1.54. The van der Waals surface area contributed by atoms with Gasteiger partial charge in [-0.2, -0.15) is 10.2 Å². The molecule has 1 amide bonds. The molecule has 0 fully saturated rings. The highest BCUT2D eigenvalue weighted by molar-refractivity contribution is 14.1. The van der Waals surface area contributed by atoms with Gasteiger partial charge in [0.05, 0.1) is 17.0 Å². The van der Waals surface area contributed by atoms with E-state index in [1.54, 1.807) is 13.0 Å². The van der Waals surface area contributed by atoms with Crippen LogP contribution in [0.3, 0.4) is 0 Å². The molecule has 4 nitrogen and oxygen atoms in total. The Balaban J connectivity index is 2.24. The molecule has 0 bridgehead atoms. The Labute approximate surface area is 119 Å². The van der Waals surface area contributed by atoms with Crippen molar-refractivity contribution in [3.05, 3.63) is 50.9 Å². The Morgan fingerprint density at radius 3 is 2.72 bits per heavy atom. The van der Waals surface area contributed by atoms with Gasteiger partial charge in [-0.1, -0.05) is 6.07 Å². The molecule has 0 aliphatic carbocycles. The van der Waals surface area contributed by atoms with Gasteiger partial charge in [0.2, 0.25) is 0 Å². The van der Waals surface area contributed by atoms with Crippen molar-refractivity contribution in [3.8, 4) is 0 Å². The van der Waals surface area contributed by atoms with Crippen LogP contribution in [0.2, 0.25) is 0 Å². The van der Waals surface area contributed by atoms with E-state index < -0.39 is 0 Å². The standard InChI is InChI=1S/C13H12IN3O/c1-8-6-12(9(2)17-16-8)13(18)15-11-5-3-4-10(14)7-11/h3-7H,1-2H3,(H,15,18). The smallest absolute Gasteiger partial charge is 0.257 e. The summed E-state index contributed by atoms with van der Waals surface area (Å²) in [6.07, 6.45) is 0. The summed E-state index contributed by atoms with van der Waals surface area (Å²) >= 11 is 2.21. The highest BCUT2D eigenvalue weighted by Crippen LogP contribution is 2.14. The first-order valence-corrected chi connectivity index (χ1v) is 6.52. The number of carbonyl (C=O) groups is 1. The Kier molecular flexibility index (Phi) is 3.90. The van der Waals surface area contributed by atoms with Crippen LogP contribution >= 0.6 is 22.6 Å². The van der Waals surface area contributed by atoms with Crippen molar-refractivity contribution in [2.24, 2.45) is 0 Å². The zero-order valence-electron chi connectivity index (χ0n) is 10.1. The number of rotatable bonds is 2. The number of hydrogen-bond donors (Lipinski definition) is 1. The number of halogens is 1. The molecule has 18 heavy (non-hydrogen) atoms. The molecule has 0 saturated heterocycles. The Morgan fingerprint density at radius 2 is 2.00 bits per heavy atom. The Morgan fingerprint density at radius 1 is 1.22 bits per heavy atom. The van der Waals surface area contributed by atoms with Crippen LogP contribution in [-0.4, -0.2) is 16.1 Å². The number of nitrogens with one attached hydrogen (secondary N) is 1. The van der Waals surface area contributed by atoms with Crippen molar-refractivity contribution >= 4 is 34.2 Å². The van der Waals surface area contributed by atoms with E-state index in [0.717, 1.165) is 15.0 Å². The molecule has 2 aromatic rings. The van der Waals surface area contributed by atoms with Gasteiger partial charge >= 0.3 is 0 Å². The zero-order valence-corrected chi connectivity index (χ0v) is 12.2. The lowest BCUT2D eigenvalue weighted by Gasteiger charge is -2.07. The van der Waals surface area contributed by atoms with Crippen molar-refractivity contribution in [1.82, 2.24) is 10.2 Å². The van der Waals surface area contributed by atoms with Crippen molar-refractivity contribution < 1.29 is 4.79 Å². The topological polar surface area (TPSA) is 54.9 Å². The Bertz CT molecular complexity index is 599. The van der Waals surface area contributed by atoms with Crippen LogP contribution in [0.4, 0.5) is 5.69 Å². The number of aromatic nitrogens is 2. The molecule has 92 valence electrons. The molecule has 1 N–H and O–H groups in total. The first kappa shape index (κ1) is 12.9. The summed E-state index contributed by atoms with van der Waals surface area (Å²) in [7, 11) is 0. The van der Waals surface area contributed by atoms with E-state index in [1.807, 2.05) is 31.2 Å². The maximum absolute atomic E-state index is 12.1. The van der Waals surface area contributed by atoms with Crippen molar-refractivity contribution in [2.75, 3.05) is 5.32 Å². The second-order valence-corrected chi connectivity index (χ2v) is 5.19. The second kappa shape index (κ2) is 5.43. The van der Waals surface area contributed by atoms with E-state index in [-0.39, 0.29) is 5.91 Å². The molecule has 1 aromatic carbocycles. The van der Waals surface area contributed by atoms with Gasteiger partial charge in [0, 0.05) is 9.26 Å². The van der Waals surface area contributed by atoms with Gasteiger partial charge in [-0.05, 0) is 60.7 Å². The third-order valence-corrected chi connectivity index (χ3v) is 3.10. The summed E-state index contributed by atoms with van der Waals surface area (Å²) in [4.78, 5) is 12.1. The molecular formula is C13H12IN3O. The molecule has 0 saturated carbocycles. The Hall–Kier alpha value is -1.50. The zero-order chi connectivity index (χ0) is 13.1. The number of hydrogen-bond acceptors (Lipinski definition) is 3. The summed E-state index contributed by atoms with van der Waals surface area (Å²) in [5.41, 5.74) is 2.69. The third-order valence-electron chi connectivity index (χ3n) is 2.43. The van der Waals surface area contributed by atoms with Crippen LogP contribution < -0.4 is 5.32 Å². The molecule has 1 heterocycles. The van der Waals surface area contributed by atoms with Gasteiger partial charge < -0.3 is 5.32 Å². The van der Waals surface area contributed by atoms with Crippen LogP contribution in [0, 0.1) is 17.4 Å². The van der Waals surface area contributed by atoms with E-state index in [9.17, 15) is 4.79 Å². The van der Waals surface area contributed by atoms with E-state index in [0.29, 0.717) is 11.3 Å². The minimum Gasteiger partial charge on any atom is -0.322 e. The van der Waals surface area contributed by atoms with Crippen LogP contribution in [-0.2, 0) is 0 Å². The fourth-order valence-corrected chi connectivity index (χ4v) is 2.09. The number of benzene rings is 1. The lowest BCUT2D eigenvalue weighted by atomic mass is 10.2. The summed E-state index contributed by atoms with van der Waals surface area (Å²) in [6.45, 7) is 3.59. The van der Waals surface area contributed by atoms with Gasteiger partial charge in [-0.25, -0.2) is 0 Å². The number of aryl methyl sites for hydroxylation is 2. The largest absolute Gasteiger partial charge is 0.322 e. The predicted octanol–water partition coefficient (Wildman–Crippen LogP) is 2.95. The summed E-state index contributed by atoms with van der Waals surface area (Å²) in [5.74, 6) is -0.160. The lowest BCUT2D eigenvalue weighted by molar-refractivity contribution is 0.102. The predicted molar refractivity (Wildman–Crippen MR) is 78.6 cm³/mol. The van der Waals surface area contributed by atoms with E-state index in [2.05, 4.69) is 38.1 Å². The van der Waals surface area contributed by atoms with E-state index in [4.69, 9.17) is 0 Å². The molecule has 2 rings (SSSR count). The van der Waals surface area contributed by atoms with Crippen molar-refractivity contribution in [2.45, 2.75) is 13.8 Å². The molecule has 1 aromatic heterocycles. The van der Waals surface area contributed by atoms with Gasteiger partial charge in [-0.15, -0.1) is 0 Å². The highest BCUT2D eigenvalue weighted by atomic mass is 127. The average molecular weight is 353 g/mol. The number of amides is 1. The summed E-state index contributed by atoms with van der Waals surface area (Å²) in [6, 6.07) is 9.39. The van der Waals surface area contributed by atoms with E-state index in [1.165, 1.54) is 0 Å². The second-order valence-electron chi connectivity index (χ2n) is 3.95. The molecule has 0 aliphatic rings. The molecule has 5 heteroatoms. The van der Waals surface area contributed by atoms with E-state index >= 15 is 0 Å². The number of anilines is 1. The summed E-state index contributed by atoms with van der Waals surface area (Å²) in [5, 5.41) is 10.7. The quantitative estimate of drug-likeness (QED) is 0.845. The first-order chi connectivity index (χ1) is 8.56. The van der Waals surface area contributed by atoms with Crippen LogP contribution in [0.25, 0.3) is 0 Å². The maximum atomic E-state index is 12.1. The van der Waals surface area contributed by atoms with Crippen molar-refractivity contribution in [1.29, 1.82) is 0 Å². The minimum atomic E-state index is -0.160. The molecule has 0 aliphatic heterocycles. The summed E-state index contributed by atoms with van der Waals surface area (Å²) < 4.78 is 1.08. The molecule has 0 spiro atoms. The average Bonchev–Trinajstić information content (AvgIpc) is 2.32. The maximum Gasteiger partial charge on any atom is 0.257 e. The van der Waals surface area contributed by atoms with Gasteiger partial charge in [-0.3, -0.25) is 4.79 Å². The monoisotopic (exact) mass is 353 g/mol. The van der Waals surface area contributed by atoms with Crippen LogP contribution in [0.1, 0.15) is 21.7 Å². The van der Waals surface area contributed by atoms with Gasteiger partial charge in [0.1, 0.15) is 0 Å². The SMILES string of the molecule is Cc1cc(C(=O)Nc2cccc(I)c2)c(C)nn1. The molecular weight excluding hydrogens is 341 g/mol. The van der Waals surface area contributed by atoms with Gasteiger partial charge in [0.25, 0.3) is 5.91 Å². The molecule has 0 atom stereocenters. The van der Waals surface area contributed by atoms with Crippen molar-refractivity contribution in [3.63, 3.8) is 0 Å². The van der Waals surface area contributed by atoms with Gasteiger partial charge in [0.15, 0.2) is 0 Å². The first-order valence-electron chi connectivity index (χ1n) is 5.44. The fraction of sp³-hybridized carbons (Fsp3) is 0.154. The third kappa shape index (κ3) is 3.04. The van der Waals surface area contributed by atoms with Crippen LogP contribution in [0.15, 0.2) is 30.3 Å². The minimum absolute atomic E-state index is 0.160. The highest BCUT2D eigenvalue weighted by Gasteiger charge is 2.11. The molecule has 0 radical (unpaired) electrons. The number of nitrogens with zero attached hydrogens (tertiary/aromatic N) is 2. The lowest BCUT2D eigenvalue weighted by Crippen LogP contribution is -2.15. The van der Waals surface area contributed by atoms with Crippen LogP contribution in [0.5, 0.6) is 0 Å².